The van der Waals surface area contributed by atoms with Gasteiger partial charge < -0.3 is 0 Å². The first kappa shape index (κ1) is 22.5. The van der Waals surface area contributed by atoms with E-state index in [1.54, 1.807) is 24.3 Å². The fraction of sp³-hybridized carbons (Fsp3) is 0.217. The quantitative estimate of drug-likeness (QED) is 0.192. The maximum atomic E-state index is 13.4. The fourth-order valence-corrected chi connectivity index (χ4v) is 4.26. The molecule has 10 heteroatoms. The summed E-state index contributed by atoms with van der Waals surface area (Å²) in [4.78, 5) is 62.9. The minimum Gasteiger partial charge on any atom is -0.292 e. The van der Waals surface area contributed by atoms with E-state index >= 15 is 0 Å². The lowest BCUT2D eigenvalue weighted by Gasteiger charge is -2.30. The molecule has 33 heavy (non-hydrogen) atoms. The molecule has 0 saturated carbocycles. The number of imide groups is 1. The first-order valence-corrected chi connectivity index (χ1v) is 10.9. The molecule has 3 amide bonds. The number of fused-ring (bicyclic) bond motifs is 1. The van der Waals surface area contributed by atoms with Crippen LogP contribution in [0, 0.1) is 22.0 Å². The van der Waals surface area contributed by atoms with Gasteiger partial charge in [0.1, 0.15) is 6.54 Å². The van der Waals surface area contributed by atoms with Crippen molar-refractivity contribution in [1.29, 1.82) is 0 Å². The monoisotopic (exact) mass is 511 g/mol. The Kier molecular flexibility index (Phi) is 6.19. The van der Waals surface area contributed by atoms with Crippen molar-refractivity contribution in [3.63, 3.8) is 0 Å². The number of rotatable bonds is 6. The number of hydrogen-bond donors (Lipinski definition) is 0. The molecule has 0 bridgehead atoms. The molecular formula is C23H18BrN3O6. The Morgan fingerprint density at radius 2 is 1.45 bits per heavy atom. The first-order valence-electron chi connectivity index (χ1n) is 10.2. The predicted octanol–water partition coefficient (Wildman–Crippen LogP) is 3.55. The number of nitro benzene ring substituents is 1. The lowest BCUT2D eigenvalue weighted by molar-refractivity contribution is -0.384. The van der Waals surface area contributed by atoms with Gasteiger partial charge in [-0.25, -0.2) is 5.01 Å². The predicted molar refractivity (Wildman–Crippen MR) is 120 cm³/mol. The summed E-state index contributed by atoms with van der Waals surface area (Å²) in [7, 11) is 0. The second-order valence-corrected chi connectivity index (χ2v) is 8.66. The number of ketones is 1. The molecule has 1 aliphatic carbocycles. The Morgan fingerprint density at radius 1 is 0.939 bits per heavy atom. The van der Waals surface area contributed by atoms with Gasteiger partial charge in [-0.05, 0) is 37.1 Å². The number of halogens is 1. The van der Waals surface area contributed by atoms with E-state index in [0.29, 0.717) is 18.4 Å². The van der Waals surface area contributed by atoms with Gasteiger partial charge in [0.2, 0.25) is 0 Å². The zero-order valence-electron chi connectivity index (χ0n) is 17.2. The number of hydrazine groups is 1. The highest BCUT2D eigenvalue weighted by atomic mass is 79.9. The molecule has 2 aromatic rings. The smallest absolute Gasteiger partial charge is 0.273 e. The van der Waals surface area contributed by atoms with E-state index in [-0.39, 0.29) is 11.3 Å². The second kappa shape index (κ2) is 9.07. The van der Waals surface area contributed by atoms with Crippen LogP contribution in [-0.2, 0) is 9.59 Å². The Labute approximate surface area is 196 Å². The van der Waals surface area contributed by atoms with E-state index < -0.39 is 46.8 Å². The average molecular weight is 512 g/mol. The number of nitrogens with zero attached hydrogens (tertiary/aromatic N) is 3. The second-order valence-electron chi connectivity index (χ2n) is 7.74. The van der Waals surface area contributed by atoms with Crippen LogP contribution in [0.3, 0.4) is 0 Å². The number of nitro groups is 1. The fourth-order valence-electron chi connectivity index (χ4n) is 3.99. The van der Waals surface area contributed by atoms with Crippen molar-refractivity contribution < 1.29 is 24.1 Å². The van der Waals surface area contributed by atoms with Crippen LogP contribution < -0.4 is 0 Å². The van der Waals surface area contributed by atoms with Crippen molar-refractivity contribution in [1.82, 2.24) is 10.0 Å². The minimum absolute atomic E-state index is 0.0119. The summed E-state index contributed by atoms with van der Waals surface area (Å²) in [5.74, 6) is -3.48. The van der Waals surface area contributed by atoms with Gasteiger partial charge in [0.05, 0.1) is 16.8 Å². The van der Waals surface area contributed by atoms with E-state index in [4.69, 9.17) is 0 Å². The molecule has 2 atom stereocenters. The molecule has 0 spiro atoms. The van der Waals surface area contributed by atoms with Gasteiger partial charge in [0, 0.05) is 27.7 Å². The summed E-state index contributed by atoms with van der Waals surface area (Å²) >= 11 is 3.29. The largest absolute Gasteiger partial charge is 0.292 e. The van der Waals surface area contributed by atoms with Crippen molar-refractivity contribution >= 4 is 45.1 Å². The molecule has 0 aromatic heterocycles. The van der Waals surface area contributed by atoms with Crippen LogP contribution in [0.25, 0.3) is 0 Å². The lowest BCUT2D eigenvalue weighted by atomic mass is 9.85. The number of carbonyl (C=O) groups is 4. The average Bonchev–Trinajstić information content (AvgIpc) is 3.07. The number of non-ortho nitro benzene ring substituents is 1. The SMILES string of the molecule is O=C(CN(C(=O)c1ccc([N+](=O)[O-])cc1)N1C(=O)[C@@H]2CC=CC[C@H]2C1=O)c1ccc(Br)cc1. The molecule has 0 unspecified atom stereocenters. The normalized spacial score (nSPS) is 19.4. The highest BCUT2D eigenvalue weighted by Crippen LogP contribution is 2.36. The molecule has 1 heterocycles. The van der Waals surface area contributed by atoms with Crippen molar-refractivity contribution in [3.05, 3.63) is 86.4 Å². The van der Waals surface area contributed by atoms with Crippen LogP contribution in [0.15, 0.2) is 65.2 Å². The Balaban J connectivity index is 1.68. The highest BCUT2D eigenvalue weighted by molar-refractivity contribution is 9.10. The molecule has 1 aliphatic heterocycles. The standard InChI is InChI=1S/C23H18BrN3O6/c24-16-9-5-14(6-10-16)20(28)13-25(21(29)15-7-11-17(12-8-15)27(32)33)26-22(30)18-3-1-2-4-19(18)23(26)31/h1-2,5-12,18-19H,3-4,13H2/t18-,19-/m1/s1. The number of hydrogen-bond acceptors (Lipinski definition) is 6. The maximum absolute atomic E-state index is 13.4. The van der Waals surface area contributed by atoms with Crippen molar-refractivity contribution in [2.75, 3.05) is 6.54 Å². The van der Waals surface area contributed by atoms with Crippen LogP contribution in [-0.4, -0.2) is 45.0 Å². The number of amides is 3. The van der Waals surface area contributed by atoms with Crippen LogP contribution in [0.4, 0.5) is 5.69 Å². The number of carbonyl (C=O) groups excluding carboxylic acids is 4. The summed E-state index contributed by atoms with van der Waals surface area (Å²) in [6.45, 7) is -0.540. The third-order valence-corrected chi connectivity index (χ3v) is 6.27. The van der Waals surface area contributed by atoms with E-state index in [1.165, 1.54) is 12.1 Å². The molecule has 2 aliphatic rings. The van der Waals surface area contributed by atoms with Crippen LogP contribution >= 0.6 is 15.9 Å². The molecule has 2 aromatic carbocycles. The van der Waals surface area contributed by atoms with Crippen LogP contribution in [0.1, 0.15) is 33.6 Å². The van der Waals surface area contributed by atoms with Crippen molar-refractivity contribution in [2.45, 2.75) is 12.8 Å². The van der Waals surface area contributed by atoms with Crippen LogP contribution in [0.2, 0.25) is 0 Å². The van der Waals surface area contributed by atoms with Gasteiger partial charge in [0.25, 0.3) is 23.4 Å². The topological polar surface area (TPSA) is 118 Å². The summed E-state index contributed by atoms with van der Waals surface area (Å²) in [5, 5.41) is 12.6. The van der Waals surface area contributed by atoms with E-state index in [2.05, 4.69) is 15.9 Å². The zero-order valence-corrected chi connectivity index (χ0v) is 18.8. The summed E-state index contributed by atoms with van der Waals surface area (Å²) in [6, 6.07) is 11.2. The van der Waals surface area contributed by atoms with E-state index in [1.807, 2.05) is 12.2 Å². The molecule has 0 N–H and O–H groups in total. The van der Waals surface area contributed by atoms with Crippen molar-refractivity contribution in [2.24, 2.45) is 11.8 Å². The summed E-state index contributed by atoms with van der Waals surface area (Å²) in [6.07, 6.45) is 4.41. The van der Waals surface area contributed by atoms with Gasteiger partial charge in [0.15, 0.2) is 5.78 Å². The van der Waals surface area contributed by atoms with Gasteiger partial charge >= 0.3 is 0 Å². The Hall–Kier alpha value is -3.66. The summed E-state index contributed by atoms with van der Waals surface area (Å²) in [5.41, 5.74) is 0.102. The first-order chi connectivity index (χ1) is 15.8. The third-order valence-electron chi connectivity index (χ3n) is 5.74. The number of benzene rings is 2. The minimum atomic E-state index is -0.774. The molecular weight excluding hydrogens is 494 g/mol. The zero-order chi connectivity index (χ0) is 23.7. The van der Waals surface area contributed by atoms with Gasteiger partial charge in [-0.1, -0.05) is 40.2 Å². The number of Topliss-reactive ketones (excluding diaryl/α,β-unsaturated/α-hetero) is 1. The summed E-state index contributed by atoms with van der Waals surface area (Å²) < 4.78 is 0.763. The molecule has 168 valence electrons. The van der Waals surface area contributed by atoms with E-state index in [0.717, 1.165) is 26.6 Å². The van der Waals surface area contributed by atoms with Gasteiger partial charge in [-0.15, -0.1) is 0 Å². The van der Waals surface area contributed by atoms with E-state index in [9.17, 15) is 29.3 Å². The molecule has 1 fully saturated rings. The maximum Gasteiger partial charge on any atom is 0.273 e. The molecule has 9 nitrogen and oxygen atoms in total. The highest BCUT2D eigenvalue weighted by Gasteiger charge is 2.51. The number of allylic oxidation sites excluding steroid dienone is 2. The molecule has 4 rings (SSSR count). The van der Waals surface area contributed by atoms with Gasteiger partial charge in [-0.3, -0.25) is 29.3 Å². The lowest BCUT2D eigenvalue weighted by Crippen LogP contribution is -2.52. The Bertz CT molecular complexity index is 1150. The third kappa shape index (κ3) is 4.34. The van der Waals surface area contributed by atoms with Gasteiger partial charge in [-0.2, -0.15) is 5.01 Å². The van der Waals surface area contributed by atoms with Crippen molar-refractivity contribution in [3.8, 4) is 0 Å². The van der Waals surface area contributed by atoms with Crippen LogP contribution in [0.5, 0.6) is 0 Å². The Morgan fingerprint density at radius 3 is 1.97 bits per heavy atom. The molecule has 0 radical (unpaired) electrons. The molecule has 1 saturated heterocycles.